The van der Waals surface area contributed by atoms with Crippen molar-refractivity contribution >= 4 is 22.9 Å². The van der Waals surface area contributed by atoms with Crippen molar-refractivity contribution in [3.05, 3.63) is 76.7 Å². The summed E-state index contributed by atoms with van der Waals surface area (Å²) in [5, 5.41) is 7.13. The largest absolute Gasteiger partial charge is 0.369 e. The summed E-state index contributed by atoms with van der Waals surface area (Å²) in [4.78, 5) is 23.5. The van der Waals surface area contributed by atoms with E-state index in [0.717, 1.165) is 43.2 Å². The van der Waals surface area contributed by atoms with Gasteiger partial charge in [-0.1, -0.05) is 35.5 Å². The molecule has 2 aromatic carbocycles. The van der Waals surface area contributed by atoms with Crippen LogP contribution >= 0.6 is 11.3 Å². The maximum absolute atomic E-state index is 12.7. The summed E-state index contributed by atoms with van der Waals surface area (Å²) in [6, 6.07) is 19.8. The van der Waals surface area contributed by atoms with Crippen LogP contribution in [0.5, 0.6) is 0 Å². The van der Waals surface area contributed by atoms with Gasteiger partial charge in [-0.3, -0.25) is 9.69 Å². The lowest BCUT2D eigenvalue weighted by Gasteiger charge is -2.37. The van der Waals surface area contributed by atoms with E-state index >= 15 is 0 Å². The van der Waals surface area contributed by atoms with Crippen LogP contribution in [-0.4, -0.2) is 60.2 Å². The van der Waals surface area contributed by atoms with Crippen LogP contribution in [-0.2, 0) is 0 Å². The molecule has 180 valence electrons. The summed E-state index contributed by atoms with van der Waals surface area (Å²) in [5.74, 6) is 0.898. The van der Waals surface area contributed by atoms with E-state index < -0.39 is 0 Å². The predicted molar refractivity (Wildman–Crippen MR) is 140 cm³/mol. The highest BCUT2D eigenvalue weighted by Gasteiger charge is 2.19. The Bertz CT molecular complexity index is 1290. The fourth-order valence-corrected chi connectivity index (χ4v) is 5.16. The first-order valence-corrected chi connectivity index (χ1v) is 12.7. The van der Waals surface area contributed by atoms with Gasteiger partial charge in [0.05, 0.1) is 9.75 Å². The predicted octanol–water partition coefficient (Wildman–Crippen LogP) is 4.63. The maximum atomic E-state index is 12.7. The fourth-order valence-electron chi connectivity index (χ4n) is 4.31. The summed E-state index contributed by atoms with van der Waals surface area (Å²) in [6.07, 6.45) is 0. The van der Waals surface area contributed by atoms with E-state index in [4.69, 9.17) is 4.52 Å². The van der Waals surface area contributed by atoms with Crippen LogP contribution in [0.4, 0.5) is 5.69 Å². The number of carbonyl (C=O) groups excluding carboxylic acids is 1. The minimum absolute atomic E-state index is 0.0675. The van der Waals surface area contributed by atoms with Gasteiger partial charge in [-0.2, -0.15) is 4.98 Å². The first kappa shape index (κ1) is 23.3. The van der Waals surface area contributed by atoms with Gasteiger partial charge in [0.15, 0.2) is 0 Å². The van der Waals surface area contributed by atoms with Gasteiger partial charge < -0.3 is 14.7 Å². The highest BCUT2D eigenvalue weighted by Crippen LogP contribution is 2.28. The molecule has 1 aliphatic rings. The standard InChI is InChI=1S/C27H29N5O2S/c1-19-7-6-10-22(20(19)2)32-17-15-31(16-18-32)14-13-28-26(33)24-12-11-23(35-24)25-29-27(34-30-25)21-8-4-3-5-9-21/h3-12H,13-18H2,1-2H3,(H,28,33). The fraction of sp³-hybridized carbons (Fsp3) is 0.296. The Labute approximate surface area is 209 Å². The SMILES string of the molecule is Cc1cccc(N2CCN(CCNC(=O)c3ccc(-c4noc(-c5ccccc5)n4)s3)CC2)c1C. The number of hydrogen-bond acceptors (Lipinski definition) is 7. The highest BCUT2D eigenvalue weighted by molar-refractivity contribution is 7.17. The van der Waals surface area contributed by atoms with Gasteiger partial charge in [0.2, 0.25) is 5.82 Å². The second-order valence-corrected chi connectivity index (χ2v) is 9.84. The van der Waals surface area contributed by atoms with E-state index in [0.29, 0.717) is 23.1 Å². The zero-order chi connectivity index (χ0) is 24.2. The molecule has 0 bridgehead atoms. The molecule has 0 aliphatic carbocycles. The third kappa shape index (κ3) is 5.28. The van der Waals surface area contributed by atoms with Crippen molar-refractivity contribution in [3.63, 3.8) is 0 Å². The molecule has 0 saturated carbocycles. The third-order valence-electron chi connectivity index (χ3n) is 6.50. The van der Waals surface area contributed by atoms with Crippen molar-refractivity contribution < 1.29 is 9.32 Å². The van der Waals surface area contributed by atoms with Crippen molar-refractivity contribution in [1.82, 2.24) is 20.4 Å². The molecule has 3 heterocycles. The molecule has 2 aromatic heterocycles. The first-order chi connectivity index (χ1) is 17.1. The molecule has 4 aromatic rings. The lowest BCUT2D eigenvalue weighted by molar-refractivity contribution is 0.0952. The Morgan fingerprint density at radius 1 is 1.00 bits per heavy atom. The number of carbonyl (C=O) groups is 1. The molecule has 1 amide bonds. The number of anilines is 1. The van der Waals surface area contributed by atoms with Crippen molar-refractivity contribution in [3.8, 4) is 22.2 Å². The van der Waals surface area contributed by atoms with Crippen LogP contribution in [0.1, 0.15) is 20.8 Å². The Morgan fingerprint density at radius 3 is 2.60 bits per heavy atom. The maximum Gasteiger partial charge on any atom is 0.261 e. The normalized spacial score (nSPS) is 14.3. The summed E-state index contributed by atoms with van der Waals surface area (Å²) < 4.78 is 5.39. The van der Waals surface area contributed by atoms with Crippen LogP contribution in [0.15, 0.2) is 65.2 Å². The van der Waals surface area contributed by atoms with Crippen molar-refractivity contribution in [1.29, 1.82) is 0 Å². The molecular weight excluding hydrogens is 458 g/mol. The number of aromatic nitrogens is 2. The number of piperazine rings is 1. The number of nitrogens with zero attached hydrogens (tertiary/aromatic N) is 4. The molecule has 0 spiro atoms. The number of benzene rings is 2. The molecule has 5 rings (SSSR count). The number of aryl methyl sites for hydroxylation is 1. The molecule has 7 nitrogen and oxygen atoms in total. The number of nitrogens with one attached hydrogen (secondary N) is 1. The summed E-state index contributed by atoms with van der Waals surface area (Å²) >= 11 is 1.37. The van der Waals surface area contributed by atoms with Crippen molar-refractivity contribution in [2.24, 2.45) is 0 Å². The first-order valence-electron chi connectivity index (χ1n) is 11.9. The zero-order valence-electron chi connectivity index (χ0n) is 20.0. The Kier molecular flexibility index (Phi) is 6.92. The molecule has 0 atom stereocenters. The molecule has 35 heavy (non-hydrogen) atoms. The zero-order valence-corrected chi connectivity index (χ0v) is 20.8. The summed E-state index contributed by atoms with van der Waals surface area (Å²) in [7, 11) is 0. The summed E-state index contributed by atoms with van der Waals surface area (Å²) in [6.45, 7) is 9.82. The second-order valence-electron chi connectivity index (χ2n) is 8.76. The molecule has 1 aliphatic heterocycles. The van der Waals surface area contributed by atoms with Gasteiger partial charge in [-0.15, -0.1) is 11.3 Å². The number of rotatable bonds is 7. The van der Waals surface area contributed by atoms with Crippen LogP contribution in [0.3, 0.4) is 0 Å². The Hall–Kier alpha value is -3.49. The number of thiophene rings is 1. The van der Waals surface area contributed by atoms with Crippen molar-refractivity contribution in [2.75, 3.05) is 44.2 Å². The van der Waals surface area contributed by atoms with Crippen LogP contribution < -0.4 is 10.2 Å². The summed E-state index contributed by atoms with van der Waals surface area (Å²) in [5.41, 5.74) is 4.90. The molecule has 1 saturated heterocycles. The van der Waals surface area contributed by atoms with Gasteiger partial charge >= 0.3 is 0 Å². The average molecular weight is 488 g/mol. The van der Waals surface area contributed by atoms with E-state index in [-0.39, 0.29) is 5.91 Å². The lowest BCUT2D eigenvalue weighted by Crippen LogP contribution is -2.48. The molecule has 0 unspecified atom stereocenters. The Balaban J connectivity index is 1.10. The molecular formula is C27H29N5O2S. The van der Waals surface area contributed by atoms with Crippen molar-refractivity contribution in [2.45, 2.75) is 13.8 Å². The molecule has 8 heteroatoms. The topological polar surface area (TPSA) is 74.5 Å². The van der Waals surface area contributed by atoms with Gasteiger partial charge in [0.25, 0.3) is 11.8 Å². The molecule has 0 radical (unpaired) electrons. The number of amides is 1. The van der Waals surface area contributed by atoms with Gasteiger partial charge in [-0.25, -0.2) is 0 Å². The van der Waals surface area contributed by atoms with Gasteiger partial charge in [0.1, 0.15) is 0 Å². The monoisotopic (exact) mass is 487 g/mol. The third-order valence-corrected chi connectivity index (χ3v) is 7.58. The van der Waals surface area contributed by atoms with E-state index in [2.05, 4.69) is 57.3 Å². The quantitative estimate of drug-likeness (QED) is 0.410. The van der Waals surface area contributed by atoms with Crippen LogP contribution in [0.2, 0.25) is 0 Å². The minimum Gasteiger partial charge on any atom is -0.369 e. The van der Waals surface area contributed by atoms with Crippen LogP contribution in [0, 0.1) is 13.8 Å². The average Bonchev–Trinajstić information content (AvgIpc) is 3.57. The smallest absolute Gasteiger partial charge is 0.261 e. The second kappa shape index (κ2) is 10.4. The van der Waals surface area contributed by atoms with Crippen LogP contribution in [0.25, 0.3) is 22.2 Å². The minimum atomic E-state index is -0.0675. The number of hydrogen-bond donors (Lipinski definition) is 1. The lowest BCUT2D eigenvalue weighted by atomic mass is 10.1. The molecule has 1 fully saturated rings. The Morgan fingerprint density at radius 2 is 1.80 bits per heavy atom. The van der Waals surface area contributed by atoms with Gasteiger partial charge in [-0.05, 0) is 55.3 Å². The van der Waals surface area contributed by atoms with E-state index in [1.807, 2.05) is 42.5 Å². The highest BCUT2D eigenvalue weighted by atomic mass is 32.1. The van der Waals surface area contributed by atoms with E-state index in [1.54, 1.807) is 0 Å². The molecule has 1 N–H and O–H groups in total. The van der Waals surface area contributed by atoms with E-state index in [1.165, 1.54) is 28.2 Å². The van der Waals surface area contributed by atoms with Gasteiger partial charge in [0, 0.05) is 50.5 Å². The van der Waals surface area contributed by atoms with E-state index in [9.17, 15) is 4.79 Å².